The van der Waals surface area contributed by atoms with Crippen molar-refractivity contribution in [3.8, 4) is 0 Å². The first-order valence-electron chi connectivity index (χ1n) is 5.62. The molecule has 0 radical (unpaired) electrons. The number of aryl methyl sites for hydroxylation is 1. The molecule has 0 N–H and O–H groups in total. The van der Waals surface area contributed by atoms with Gasteiger partial charge in [-0.05, 0) is 36.2 Å². The number of halogens is 2. The maximum atomic E-state index is 12.3. The van der Waals surface area contributed by atoms with Gasteiger partial charge in [0.25, 0.3) is 0 Å². The van der Waals surface area contributed by atoms with E-state index >= 15 is 0 Å². The van der Waals surface area contributed by atoms with E-state index in [0.29, 0.717) is 0 Å². The first-order chi connectivity index (χ1) is 8.90. The van der Waals surface area contributed by atoms with Crippen molar-refractivity contribution in [3.05, 3.63) is 63.1 Å². The zero-order chi connectivity index (χ0) is 14.0. The largest absolute Gasteiger partial charge is 0.223 e. The Hall–Kier alpha value is -0.840. The van der Waals surface area contributed by atoms with Crippen molar-refractivity contribution in [3.63, 3.8) is 0 Å². The van der Waals surface area contributed by atoms with Crippen LogP contribution in [0.15, 0.2) is 51.8 Å². The van der Waals surface area contributed by atoms with Gasteiger partial charge in [0.2, 0.25) is 0 Å². The van der Waals surface area contributed by atoms with Crippen molar-refractivity contribution in [2.45, 2.75) is 17.6 Å². The summed E-state index contributed by atoms with van der Waals surface area (Å²) in [4.78, 5) is 0.178. The van der Waals surface area contributed by atoms with Crippen LogP contribution in [-0.4, -0.2) is 8.42 Å². The van der Waals surface area contributed by atoms with E-state index in [9.17, 15) is 8.42 Å². The molecular weight excluding hydrogens is 348 g/mol. The van der Waals surface area contributed by atoms with E-state index < -0.39 is 9.84 Å². The van der Waals surface area contributed by atoms with Gasteiger partial charge in [0.05, 0.1) is 15.7 Å². The van der Waals surface area contributed by atoms with Crippen molar-refractivity contribution < 1.29 is 8.42 Å². The average Bonchev–Trinajstić information content (AvgIpc) is 2.34. The van der Waals surface area contributed by atoms with Crippen molar-refractivity contribution in [2.75, 3.05) is 0 Å². The molecule has 0 unspecified atom stereocenters. The van der Waals surface area contributed by atoms with Crippen LogP contribution in [-0.2, 0) is 15.6 Å². The van der Waals surface area contributed by atoms with E-state index in [2.05, 4.69) is 15.9 Å². The van der Waals surface area contributed by atoms with Gasteiger partial charge in [0.1, 0.15) is 0 Å². The molecule has 0 heterocycles. The number of rotatable bonds is 3. The second kappa shape index (κ2) is 5.65. The predicted octanol–water partition coefficient (Wildman–Crippen LogP) is 4.38. The van der Waals surface area contributed by atoms with Gasteiger partial charge in [0.15, 0.2) is 9.84 Å². The number of hydrogen-bond donors (Lipinski definition) is 0. The summed E-state index contributed by atoms with van der Waals surface area (Å²) in [5.74, 6) is -0.0507. The van der Waals surface area contributed by atoms with Crippen LogP contribution in [0.2, 0.25) is 5.02 Å². The zero-order valence-electron chi connectivity index (χ0n) is 10.2. The van der Waals surface area contributed by atoms with Gasteiger partial charge in [-0.3, -0.25) is 0 Å². The molecule has 2 aromatic carbocycles. The van der Waals surface area contributed by atoms with Crippen LogP contribution >= 0.6 is 27.5 Å². The van der Waals surface area contributed by atoms with E-state index in [-0.39, 0.29) is 15.7 Å². The second-order valence-corrected chi connectivity index (χ2v) is 7.49. The lowest BCUT2D eigenvalue weighted by Crippen LogP contribution is -2.05. The quantitative estimate of drug-likeness (QED) is 0.814. The Balaban J connectivity index is 2.37. The molecule has 2 aromatic rings. The molecule has 0 bridgehead atoms. The van der Waals surface area contributed by atoms with Crippen LogP contribution in [0.1, 0.15) is 11.1 Å². The highest BCUT2D eigenvalue weighted by Crippen LogP contribution is 2.25. The summed E-state index contributed by atoms with van der Waals surface area (Å²) in [6, 6.07) is 12.0. The van der Waals surface area contributed by atoms with Gasteiger partial charge in [-0.25, -0.2) is 8.42 Å². The molecule has 0 aliphatic rings. The summed E-state index contributed by atoms with van der Waals surface area (Å²) < 4.78 is 25.6. The molecule has 19 heavy (non-hydrogen) atoms. The number of benzene rings is 2. The fourth-order valence-corrected chi connectivity index (χ4v) is 3.95. The summed E-state index contributed by atoms with van der Waals surface area (Å²) in [7, 11) is -3.42. The van der Waals surface area contributed by atoms with Crippen LogP contribution in [0.25, 0.3) is 0 Å². The van der Waals surface area contributed by atoms with E-state index in [1.54, 1.807) is 24.3 Å². The van der Waals surface area contributed by atoms with Gasteiger partial charge in [-0.1, -0.05) is 51.8 Å². The van der Waals surface area contributed by atoms with Crippen molar-refractivity contribution >= 4 is 37.4 Å². The van der Waals surface area contributed by atoms with Crippen LogP contribution in [0.5, 0.6) is 0 Å². The molecule has 0 fully saturated rings. The average molecular weight is 360 g/mol. The fourth-order valence-electron chi connectivity index (χ4n) is 1.79. The molecule has 0 aromatic heterocycles. The Morgan fingerprint density at radius 1 is 1.16 bits per heavy atom. The first kappa shape index (κ1) is 14.6. The Morgan fingerprint density at radius 3 is 2.47 bits per heavy atom. The highest BCUT2D eigenvalue weighted by Gasteiger charge is 2.18. The topological polar surface area (TPSA) is 34.1 Å². The predicted molar refractivity (Wildman–Crippen MR) is 81.2 cm³/mol. The Bertz CT molecular complexity index is 711. The monoisotopic (exact) mass is 358 g/mol. The van der Waals surface area contributed by atoms with Crippen LogP contribution < -0.4 is 0 Å². The van der Waals surface area contributed by atoms with Crippen LogP contribution in [0, 0.1) is 6.92 Å². The van der Waals surface area contributed by atoms with E-state index in [1.165, 1.54) is 6.07 Å². The molecule has 2 nitrogen and oxygen atoms in total. The molecule has 0 saturated heterocycles. The lowest BCUT2D eigenvalue weighted by atomic mass is 10.2. The third kappa shape index (κ3) is 3.38. The maximum Gasteiger partial charge on any atom is 0.183 e. The van der Waals surface area contributed by atoms with Crippen molar-refractivity contribution in [2.24, 2.45) is 0 Å². The summed E-state index contributed by atoms with van der Waals surface area (Å²) >= 11 is 9.34. The van der Waals surface area contributed by atoms with E-state index in [0.717, 1.165) is 15.6 Å². The van der Waals surface area contributed by atoms with E-state index in [4.69, 9.17) is 11.6 Å². The minimum Gasteiger partial charge on any atom is -0.223 e. The summed E-state index contributed by atoms with van der Waals surface area (Å²) in [5.41, 5.74) is 1.76. The summed E-state index contributed by atoms with van der Waals surface area (Å²) in [6.45, 7) is 1.93. The van der Waals surface area contributed by atoms with Gasteiger partial charge >= 0.3 is 0 Å². The molecule has 100 valence electrons. The van der Waals surface area contributed by atoms with Crippen LogP contribution in [0.3, 0.4) is 0 Å². The third-order valence-electron chi connectivity index (χ3n) is 2.75. The Kier molecular flexibility index (Phi) is 4.33. The third-order valence-corrected chi connectivity index (χ3v) is 5.82. The fraction of sp³-hybridized carbons (Fsp3) is 0.143. The van der Waals surface area contributed by atoms with Gasteiger partial charge in [-0.2, -0.15) is 0 Å². The summed E-state index contributed by atoms with van der Waals surface area (Å²) in [6.07, 6.45) is 0. The van der Waals surface area contributed by atoms with Gasteiger partial charge in [0, 0.05) is 4.47 Å². The summed E-state index contributed by atoms with van der Waals surface area (Å²) in [5, 5.41) is 0.260. The first-order valence-corrected chi connectivity index (χ1v) is 8.45. The lowest BCUT2D eigenvalue weighted by Gasteiger charge is -2.08. The Morgan fingerprint density at radius 2 is 1.84 bits per heavy atom. The SMILES string of the molecule is Cc1cc(CS(=O)(=O)c2ccccc2Cl)ccc1Br. The molecule has 0 atom stereocenters. The molecular formula is C14H12BrClO2S. The number of sulfone groups is 1. The maximum absolute atomic E-state index is 12.3. The Labute approximate surface area is 126 Å². The molecule has 0 saturated carbocycles. The molecule has 2 rings (SSSR count). The lowest BCUT2D eigenvalue weighted by molar-refractivity contribution is 0.595. The van der Waals surface area contributed by atoms with Crippen molar-refractivity contribution in [1.29, 1.82) is 0 Å². The minimum absolute atomic E-state index is 0.0507. The van der Waals surface area contributed by atoms with Crippen molar-refractivity contribution in [1.82, 2.24) is 0 Å². The molecule has 0 spiro atoms. The van der Waals surface area contributed by atoms with Gasteiger partial charge < -0.3 is 0 Å². The highest BCUT2D eigenvalue weighted by atomic mass is 79.9. The molecule has 0 aliphatic carbocycles. The smallest absolute Gasteiger partial charge is 0.183 e. The normalized spacial score (nSPS) is 11.5. The van der Waals surface area contributed by atoms with Crippen LogP contribution in [0.4, 0.5) is 0 Å². The molecule has 5 heteroatoms. The van der Waals surface area contributed by atoms with Gasteiger partial charge in [-0.15, -0.1) is 0 Å². The minimum atomic E-state index is -3.42. The molecule has 0 amide bonds. The highest BCUT2D eigenvalue weighted by molar-refractivity contribution is 9.10. The van der Waals surface area contributed by atoms with E-state index in [1.807, 2.05) is 19.1 Å². The number of hydrogen-bond acceptors (Lipinski definition) is 2. The second-order valence-electron chi connectivity index (χ2n) is 4.27. The molecule has 0 aliphatic heterocycles. The standard InChI is InChI=1S/C14H12BrClO2S/c1-10-8-11(6-7-12(10)15)9-19(17,18)14-5-3-2-4-13(14)16/h2-8H,9H2,1H3. The zero-order valence-corrected chi connectivity index (χ0v) is 13.4.